The predicted octanol–water partition coefficient (Wildman–Crippen LogP) is -26.9. The van der Waals surface area contributed by atoms with Crippen LogP contribution in [0.5, 0.6) is 0 Å². The summed E-state index contributed by atoms with van der Waals surface area (Å²) < 4.78 is 187. The Morgan fingerprint density at radius 1 is 0.271 bits per heavy atom. The fourth-order valence-corrected chi connectivity index (χ4v) is 2.08. The zero-order valence-corrected chi connectivity index (χ0v) is 58.8. The van der Waals surface area contributed by atoms with Crippen LogP contribution in [0.15, 0.2) is 0 Å². The van der Waals surface area contributed by atoms with Gasteiger partial charge in [-0.2, -0.15) is 0 Å². The standard InChI is InChI=1S/6CHNO.6K.18O.6Re/c6*2-1-3;;;;;;;;;;;;;;;;;;;;;;;;;;;;;;/h6*3H;;;;;;;;;;;;;;;;;;;;;;;;;;;;;;/q;;;;;;6*+1;;;;;;;;;;;;;6*-1;6*+1/p-6. The second-order valence-corrected chi connectivity index (χ2v) is 22.9. The topological polar surface area (TPSA) is 541 Å². The van der Waals surface area contributed by atoms with E-state index < -0.39 is 97.2 Å². The molecule has 0 bridgehead atoms. The summed E-state index contributed by atoms with van der Waals surface area (Å²) in [6, 6.07) is 0. The zero-order valence-electron chi connectivity index (χ0n) is 23.7. The van der Waals surface area contributed by atoms with Gasteiger partial charge >= 0.3 is 560 Å². The monoisotopic (exact) mass is 1900 g/mol. The number of nitrogens with zero attached hydrogens (tertiary/aromatic N) is 6. The van der Waals surface area contributed by atoms with E-state index in [-0.39, 0.29) is 308 Å². The minimum absolute atomic E-state index is 0. The molecule has 0 spiro atoms. The molecular weight excluding hydrogens is 1890 g/mol. The summed E-state index contributed by atoms with van der Waals surface area (Å²) in [5.41, 5.74) is 0. The Balaban J connectivity index is -0.0000000316. The fourth-order valence-electron chi connectivity index (χ4n) is 0.254. The van der Waals surface area contributed by atoms with E-state index in [1.54, 1.807) is 0 Å². The van der Waals surface area contributed by atoms with E-state index in [1.165, 1.54) is 0 Å². The van der Waals surface area contributed by atoms with Crippen LogP contribution in [0, 0.1) is 69.1 Å². The molecule has 42 heteroatoms. The van der Waals surface area contributed by atoms with Crippen molar-refractivity contribution in [1.29, 1.82) is 31.6 Å². The molecule has 0 saturated heterocycles. The van der Waals surface area contributed by atoms with E-state index >= 15 is 0 Å². The van der Waals surface area contributed by atoms with Crippen LogP contribution in [0.4, 0.5) is 0 Å². The van der Waals surface area contributed by atoms with Gasteiger partial charge in [-0.3, -0.25) is 0 Å². The third-order valence-corrected chi connectivity index (χ3v) is 6.34. The molecular formula is C6K6N6O24Re6. The molecule has 0 radical (unpaired) electrons. The molecule has 0 aliphatic rings. The number of hydrogen-bond acceptors (Lipinski definition) is 30. The molecule has 0 aromatic carbocycles. The Kier molecular flexibility index (Phi) is 90.3. The molecule has 0 rings (SSSR count). The van der Waals surface area contributed by atoms with Gasteiger partial charge < -0.3 is 0 Å². The average Bonchev–Trinajstić information content (AvgIpc) is 2.64. The van der Waals surface area contributed by atoms with Gasteiger partial charge in [-0.15, -0.1) is 0 Å². The molecule has 0 fully saturated rings. The summed E-state index contributed by atoms with van der Waals surface area (Å²) in [6.07, 6.45) is 4.56. The summed E-state index contributed by atoms with van der Waals surface area (Å²) in [5.74, 6) is 0. The summed E-state index contributed by atoms with van der Waals surface area (Å²) in [5, 5.41) is 44.3. The van der Waals surface area contributed by atoms with Gasteiger partial charge in [-0.05, 0) is 0 Å². The van der Waals surface area contributed by atoms with E-state index in [0.717, 1.165) is 37.5 Å². The van der Waals surface area contributed by atoms with Crippen molar-refractivity contribution in [2.75, 3.05) is 0 Å². The van der Waals surface area contributed by atoms with Gasteiger partial charge in [0.1, 0.15) is 0 Å². The van der Waals surface area contributed by atoms with E-state index in [2.05, 4.69) is 20.8 Å². The normalized spacial score (nSPS) is 8.50. The Morgan fingerprint density at radius 3 is 0.333 bits per heavy atom. The van der Waals surface area contributed by atoms with Gasteiger partial charge in [0, 0.05) is 0 Å². The molecule has 0 atom stereocenters. The van der Waals surface area contributed by atoms with Crippen LogP contribution in [-0.2, 0) is 160 Å². The SMILES string of the molecule is N#C[O][Re](=[O])(=[O])[O-].N#C[O][Re](=[O])(=[O])[O-].N#C[O][Re](=[O])(=[O])[O-].N#C[O][Re](=[O])(=[O])[O-].N#C[O][Re](=[O])(=[O])[O-].N#C[O][Re](=[O])(=[O])[O-].[K+].[K+].[K+].[K+].[K+].[K+]. The molecule has 0 unspecified atom stereocenters. The Morgan fingerprint density at radius 2 is 0.333 bits per heavy atom. The van der Waals surface area contributed by atoms with Crippen LogP contribution in [0.2, 0.25) is 0 Å². The molecule has 0 aliphatic heterocycles. The first kappa shape index (κ1) is 86.7. The largest absolute Gasteiger partial charge is 1.00 e. The van der Waals surface area contributed by atoms with E-state index in [9.17, 15) is 64.6 Å². The van der Waals surface area contributed by atoms with E-state index in [4.69, 9.17) is 31.6 Å². The van der Waals surface area contributed by atoms with Crippen molar-refractivity contribution >= 4 is 0 Å². The first-order chi connectivity index (χ1) is 18.4. The van der Waals surface area contributed by atoms with Crippen molar-refractivity contribution < 1.29 is 491 Å². The maximum atomic E-state index is 9.35. The summed E-state index contributed by atoms with van der Waals surface area (Å²) in [4.78, 5) is 0. The molecule has 0 N–H and O–H groups in total. The van der Waals surface area contributed by atoms with Crippen LogP contribution >= 0.6 is 0 Å². The zero-order chi connectivity index (χ0) is 35.5. The quantitative estimate of drug-likeness (QED) is 0.176. The smallest absolute Gasteiger partial charge is 1.00 e. The van der Waals surface area contributed by atoms with Crippen LogP contribution in [0.3, 0.4) is 0 Å². The third-order valence-electron chi connectivity index (χ3n) is 0.774. The Labute approximate surface area is 542 Å². The molecule has 0 aromatic heterocycles. The third kappa shape index (κ3) is 149. The van der Waals surface area contributed by atoms with Gasteiger partial charge in [-0.25, -0.2) is 0 Å². The van der Waals surface area contributed by atoms with Crippen molar-refractivity contribution in [3.8, 4) is 37.5 Å². The number of nitriles is 6. The Bertz CT molecular complexity index is 1400. The first-order valence-electron chi connectivity index (χ1n) is 6.27. The van der Waals surface area contributed by atoms with Crippen LogP contribution in [0.25, 0.3) is 0 Å². The minimum atomic E-state index is -5.81. The van der Waals surface area contributed by atoms with Crippen molar-refractivity contribution in [2.24, 2.45) is 0 Å². The second kappa shape index (κ2) is 50.0. The van der Waals surface area contributed by atoms with Crippen molar-refractivity contribution in [2.45, 2.75) is 0 Å². The van der Waals surface area contributed by atoms with Crippen LogP contribution in [-0.4, -0.2) is 0 Å². The molecule has 246 valence electrons. The van der Waals surface area contributed by atoms with Crippen LogP contribution < -0.4 is 331 Å². The van der Waals surface area contributed by atoms with Gasteiger partial charge in [-0.1, -0.05) is 0 Å². The predicted molar refractivity (Wildman–Crippen MR) is 48.4 cm³/mol. The van der Waals surface area contributed by atoms with Gasteiger partial charge in [0.05, 0.1) is 0 Å². The summed E-state index contributed by atoms with van der Waals surface area (Å²) in [7, 11) is 0. The number of hydrogen-bond donors (Lipinski definition) is 0. The van der Waals surface area contributed by atoms with E-state index in [0.29, 0.717) is 0 Å². The second-order valence-electron chi connectivity index (χ2n) is 3.28. The van der Waals surface area contributed by atoms with Gasteiger partial charge in [0.2, 0.25) is 0 Å². The fraction of sp³-hybridized carbons (Fsp3) is 0. The number of rotatable bonds is 6. The van der Waals surface area contributed by atoms with Crippen molar-refractivity contribution in [3.63, 3.8) is 0 Å². The first-order valence-corrected chi connectivity index (χ1v) is 32.9. The van der Waals surface area contributed by atoms with Crippen LogP contribution in [0.1, 0.15) is 0 Å². The molecule has 0 heterocycles. The summed E-state index contributed by atoms with van der Waals surface area (Å²) in [6.45, 7) is 0. The van der Waals surface area contributed by atoms with Gasteiger partial charge in [0.25, 0.3) is 0 Å². The maximum absolute atomic E-state index is 9.35. The van der Waals surface area contributed by atoms with Gasteiger partial charge in [0.15, 0.2) is 0 Å². The minimum Gasteiger partial charge on any atom is 1.00 e. The van der Waals surface area contributed by atoms with E-state index in [1.807, 2.05) is 0 Å². The summed E-state index contributed by atoms with van der Waals surface area (Å²) >= 11 is -34.9. The molecule has 0 amide bonds. The molecule has 0 aromatic rings. The van der Waals surface area contributed by atoms with Crippen molar-refractivity contribution in [3.05, 3.63) is 0 Å². The average molecular weight is 1890 g/mol. The maximum Gasteiger partial charge on any atom is 1.00 e. The van der Waals surface area contributed by atoms with Crippen molar-refractivity contribution in [1.82, 2.24) is 0 Å². The Hall–Kier alpha value is 6.89. The molecule has 30 nitrogen and oxygen atoms in total. The molecule has 0 saturated carbocycles. The molecule has 48 heavy (non-hydrogen) atoms. The molecule has 0 aliphatic carbocycles.